The van der Waals surface area contributed by atoms with Crippen LogP contribution in [-0.2, 0) is 27.3 Å². The molecule has 0 atom stereocenters. The van der Waals surface area contributed by atoms with Crippen LogP contribution >= 0.6 is 0 Å². The second-order valence-corrected chi connectivity index (χ2v) is 6.27. The minimum atomic E-state index is -0.298. The molecule has 0 radical (unpaired) electrons. The summed E-state index contributed by atoms with van der Waals surface area (Å²) < 4.78 is 4.99. The van der Waals surface area contributed by atoms with Crippen molar-refractivity contribution in [3.8, 4) is 0 Å². The highest BCUT2D eigenvalue weighted by Gasteiger charge is 2.18. The lowest BCUT2D eigenvalue weighted by molar-refractivity contribution is -0.144. The van der Waals surface area contributed by atoms with Gasteiger partial charge in [-0.3, -0.25) is 14.6 Å². The Morgan fingerprint density at radius 3 is 2.81 bits per heavy atom. The number of fused-ring (bicyclic) bond motifs is 1. The summed E-state index contributed by atoms with van der Waals surface area (Å²) >= 11 is 0. The first kappa shape index (κ1) is 18.6. The van der Waals surface area contributed by atoms with Crippen molar-refractivity contribution in [3.63, 3.8) is 0 Å². The topological polar surface area (TPSA) is 75.3 Å². The van der Waals surface area contributed by atoms with Crippen LogP contribution < -0.4 is 0 Å². The summed E-state index contributed by atoms with van der Waals surface area (Å²) in [6.07, 6.45) is 5.74. The van der Waals surface area contributed by atoms with Crippen molar-refractivity contribution < 1.29 is 14.3 Å². The van der Waals surface area contributed by atoms with Gasteiger partial charge in [0.25, 0.3) is 0 Å². The molecule has 0 unspecified atom stereocenters. The summed E-state index contributed by atoms with van der Waals surface area (Å²) in [5.74, 6) is -0.332. The number of hydrogen-bond acceptors (Lipinski definition) is 4. The first-order valence-electron chi connectivity index (χ1n) is 9.04. The molecule has 0 aliphatic rings. The normalized spacial score (nSPS) is 10.7. The van der Waals surface area contributed by atoms with E-state index in [0.717, 1.165) is 22.0 Å². The van der Waals surface area contributed by atoms with E-state index in [0.29, 0.717) is 19.7 Å². The first-order valence-corrected chi connectivity index (χ1v) is 9.04. The van der Waals surface area contributed by atoms with E-state index in [1.807, 2.05) is 42.6 Å². The number of carbonyl (C=O) groups excluding carboxylic acids is 2. The van der Waals surface area contributed by atoms with Crippen molar-refractivity contribution in [2.24, 2.45) is 0 Å². The quantitative estimate of drug-likeness (QED) is 0.623. The van der Waals surface area contributed by atoms with Gasteiger partial charge in [0.1, 0.15) is 0 Å². The third-order valence-electron chi connectivity index (χ3n) is 4.36. The van der Waals surface area contributed by atoms with Crippen LogP contribution in [0.1, 0.15) is 24.5 Å². The number of hydrogen-bond donors (Lipinski definition) is 1. The van der Waals surface area contributed by atoms with Crippen LogP contribution in [0.15, 0.2) is 55.0 Å². The predicted molar refractivity (Wildman–Crippen MR) is 103 cm³/mol. The Labute approximate surface area is 158 Å². The molecule has 140 valence electrons. The number of amides is 1. The van der Waals surface area contributed by atoms with E-state index in [9.17, 15) is 9.59 Å². The van der Waals surface area contributed by atoms with E-state index in [1.165, 1.54) is 0 Å². The molecule has 0 spiro atoms. The van der Waals surface area contributed by atoms with E-state index in [2.05, 4.69) is 9.97 Å². The number of benzene rings is 1. The zero-order valence-electron chi connectivity index (χ0n) is 15.4. The van der Waals surface area contributed by atoms with Crippen molar-refractivity contribution in [3.05, 3.63) is 66.1 Å². The van der Waals surface area contributed by atoms with E-state index in [-0.39, 0.29) is 24.7 Å². The summed E-state index contributed by atoms with van der Waals surface area (Å²) in [6, 6.07) is 11.7. The van der Waals surface area contributed by atoms with Gasteiger partial charge in [-0.05, 0) is 30.2 Å². The zero-order valence-corrected chi connectivity index (χ0v) is 15.4. The second-order valence-electron chi connectivity index (χ2n) is 6.27. The molecule has 0 fully saturated rings. The maximum absolute atomic E-state index is 13.0. The van der Waals surface area contributed by atoms with Crippen LogP contribution in [-0.4, -0.2) is 39.9 Å². The van der Waals surface area contributed by atoms with Gasteiger partial charge in [0, 0.05) is 42.6 Å². The minimum absolute atomic E-state index is 0.0343. The lowest BCUT2D eigenvalue weighted by atomic mass is 10.1. The van der Waals surface area contributed by atoms with Crippen LogP contribution in [0.25, 0.3) is 10.9 Å². The van der Waals surface area contributed by atoms with Crippen molar-refractivity contribution in [2.75, 3.05) is 13.2 Å². The molecule has 1 N–H and O–H groups in total. The summed E-state index contributed by atoms with van der Waals surface area (Å²) in [6.45, 7) is 2.83. The second kappa shape index (κ2) is 8.98. The molecular weight excluding hydrogens is 342 g/mol. The smallest absolute Gasteiger partial charge is 0.307 e. The van der Waals surface area contributed by atoms with E-state index < -0.39 is 0 Å². The highest BCUT2D eigenvalue weighted by molar-refractivity contribution is 5.89. The van der Waals surface area contributed by atoms with Gasteiger partial charge < -0.3 is 14.6 Å². The van der Waals surface area contributed by atoms with Crippen LogP contribution in [0.2, 0.25) is 0 Å². The molecule has 0 bridgehead atoms. The van der Waals surface area contributed by atoms with Gasteiger partial charge in [0.15, 0.2) is 0 Å². The van der Waals surface area contributed by atoms with Gasteiger partial charge in [0.05, 0.1) is 19.4 Å². The molecule has 0 saturated carbocycles. The fourth-order valence-electron chi connectivity index (χ4n) is 3.02. The first-order chi connectivity index (χ1) is 13.2. The molecule has 0 saturated heterocycles. The molecule has 6 heteroatoms. The van der Waals surface area contributed by atoms with Crippen molar-refractivity contribution in [1.29, 1.82) is 0 Å². The monoisotopic (exact) mass is 365 g/mol. The molecule has 3 rings (SSSR count). The van der Waals surface area contributed by atoms with Gasteiger partial charge in [0.2, 0.25) is 5.91 Å². The number of esters is 1. The number of carbonyl (C=O) groups is 2. The van der Waals surface area contributed by atoms with Crippen molar-refractivity contribution >= 4 is 22.8 Å². The number of rotatable bonds is 8. The highest BCUT2D eigenvalue weighted by atomic mass is 16.5. The van der Waals surface area contributed by atoms with Crippen LogP contribution in [0.3, 0.4) is 0 Å². The number of nitrogens with zero attached hydrogens (tertiary/aromatic N) is 2. The number of ether oxygens (including phenoxy) is 1. The third kappa shape index (κ3) is 4.94. The molecule has 1 amide bonds. The molecule has 27 heavy (non-hydrogen) atoms. The summed E-state index contributed by atoms with van der Waals surface area (Å²) in [4.78, 5) is 33.7. The minimum Gasteiger partial charge on any atom is -0.466 e. The number of nitrogens with one attached hydrogen (secondary N) is 1. The standard InChI is InChI=1S/C21H23N3O3/c1-2-27-21(26)9-11-24(15-16-6-5-10-22-13-16)20(25)12-17-14-23-19-8-4-3-7-18(17)19/h3-8,10,13-14,23H,2,9,11-12,15H2,1H3. The van der Waals surface area contributed by atoms with E-state index in [4.69, 9.17) is 4.74 Å². The van der Waals surface area contributed by atoms with Gasteiger partial charge in [-0.1, -0.05) is 24.3 Å². The van der Waals surface area contributed by atoms with Crippen LogP contribution in [0.4, 0.5) is 0 Å². The highest BCUT2D eigenvalue weighted by Crippen LogP contribution is 2.19. The predicted octanol–water partition coefficient (Wildman–Crippen LogP) is 3.09. The summed E-state index contributed by atoms with van der Waals surface area (Å²) in [5, 5.41) is 1.04. The lowest BCUT2D eigenvalue weighted by Gasteiger charge is -2.22. The molecule has 2 heterocycles. The number of para-hydroxylation sites is 1. The molecule has 0 aliphatic heterocycles. The van der Waals surface area contributed by atoms with Gasteiger partial charge >= 0.3 is 5.97 Å². The molecule has 2 aromatic heterocycles. The number of H-pyrrole nitrogens is 1. The average molecular weight is 365 g/mol. The Kier molecular flexibility index (Phi) is 6.20. The third-order valence-corrected chi connectivity index (χ3v) is 4.36. The molecule has 6 nitrogen and oxygen atoms in total. The van der Waals surface area contributed by atoms with Crippen LogP contribution in [0, 0.1) is 0 Å². The molecule has 0 aliphatic carbocycles. The Bertz CT molecular complexity index is 905. The van der Waals surface area contributed by atoms with Crippen LogP contribution in [0.5, 0.6) is 0 Å². The SMILES string of the molecule is CCOC(=O)CCN(Cc1cccnc1)C(=O)Cc1c[nH]c2ccccc12. The van der Waals surface area contributed by atoms with E-state index in [1.54, 1.807) is 24.2 Å². The Balaban J connectivity index is 1.73. The Morgan fingerprint density at radius 2 is 2.04 bits per heavy atom. The number of aromatic amines is 1. The lowest BCUT2D eigenvalue weighted by Crippen LogP contribution is -2.34. The van der Waals surface area contributed by atoms with Gasteiger partial charge in [-0.15, -0.1) is 0 Å². The maximum atomic E-state index is 13.0. The fourth-order valence-corrected chi connectivity index (χ4v) is 3.02. The Morgan fingerprint density at radius 1 is 1.19 bits per heavy atom. The van der Waals surface area contributed by atoms with E-state index >= 15 is 0 Å². The Hall–Kier alpha value is -3.15. The van der Waals surface area contributed by atoms with Crippen molar-refractivity contribution in [2.45, 2.75) is 26.3 Å². The number of pyridine rings is 1. The van der Waals surface area contributed by atoms with Gasteiger partial charge in [-0.2, -0.15) is 0 Å². The molecule has 3 aromatic rings. The molecule has 1 aromatic carbocycles. The maximum Gasteiger partial charge on any atom is 0.307 e. The average Bonchev–Trinajstić information content (AvgIpc) is 3.09. The fraction of sp³-hybridized carbons (Fsp3) is 0.286. The summed E-state index contributed by atoms with van der Waals surface area (Å²) in [5.41, 5.74) is 2.88. The van der Waals surface area contributed by atoms with Gasteiger partial charge in [-0.25, -0.2) is 0 Å². The number of aromatic nitrogens is 2. The largest absolute Gasteiger partial charge is 0.466 e. The zero-order chi connectivity index (χ0) is 19.1. The summed E-state index contributed by atoms with van der Waals surface area (Å²) in [7, 11) is 0. The van der Waals surface area contributed by atoms with Crippen molar-refractivity contribution in [1.82, 2.24) is 14.9 Å². The molecular formula is C21H23N3O3.